The number of anilines is 3. The monoisotopic (exact) mass is 453 g/mol. The molecular weight excluding hydrogens is 430 g/mol. The van der Waals surface area contributed by atoms with Gasteiger partial charge in [-0.3, -0.25) is 9.78 Å². The number of aromatic nitrogens is 5. The first kappa shape index (κ1) is 21.3. The number of pyridine rings is 3. The van der Waals surface area contributed by atoms with Gasteiger partial charge in [0.2, 0.25) is 0 Å². The van der Waals surface area contributed by atoms with E-state index >= 15 is 0 Å². The van der Waals surface area contributed by atoms with Crippen molar-refractivity contribution in [1.82, 2.24) is 24.7 Å². The predicted molar refractivity (Wildman–Crippen MR) is 130 cm³/mol. The number of piperidine rings is 1. The molecule has 5 rings (SSSR count). The van der Waals surface area contributed by atoms with Crippen molar-refractivity contribution >= 4 is 28.7 Å². The van der Waals surface area contributed by atoms with Crippen LogP contribution in [0.4, 0.5) is 17.1 Å². The number of nitrogen functional groups attached to an aromatic ring is 1. The smallest absolute Gasteiger partial charge is 0.276 e. The molecular formula is C24H23N9O. The highest BCUT2D eigenvalue weighted by Gasteiger charge is 2.20. The van der Waals surface area contributed by atoms with Gasteiger partial charge in [0.05, 0.1) is 41.2 Å². The number of hydrogen-bond acceptors (Lipinski definition) is 8. The second-order valence-corrected chi connectivity index (χ2v) is 7.94. The summed E-state index contributed by atoms with van der Waals surface area (Å²) in [6.07, 6.45) is 8.45. The second kappa shape index (κ2) is 9.10. The van der Waals surface area contributed by atoms with Crippen LogP contribution in [0.15, 0.2) is 67.3 Å². The highest BCUT2D eigenvalue weighted by Crippen LogP contribution is 2.28. The maximum absolute atomic E-state index is 13.2. The molecule has 10 nitrogen and oxygen atoms in total. The molecule has 1 fully saturated rings. The number of nitrogens with two attached hydrogens (primary N) is 1. The molecule has 34 heavy (non-hydrogen) atoms. The lowest BCUT2D eigenvalue weighted by molar-refractivity contribution is 0.102. The molecule has 1 amide bonds. The fraction of sp³-hybridized carbons (Fsp3) is 0.167. The van der Waals surface area contributed by atoms with Crippen LogP contribution < -0.4 is 16.0 Å². The quantitative estimate of drug-likeness (QED) is 0.422. The number of amides is 1. The van der Waals surface area contributed by atoms with E-state index in [4.69, 9.17) is 11.1 Å². The van der Waals surface area contributed by atoms with Crippen molar-refractivity contribution in [2.75, 3.05) is 29.0 Å². The number of nitrogens with zero attached hydrogens (tertiary/aromatic N) is 6. The van der Waals surface area contributed by atoms with E-state index in [-0.39, 0.29) is 11.4 Å². The van der Waals surface area contributed by atoms with Gasteiger partial charge in [0, 0.05) is 30.8 Å². The molecule has 0 aromatic carbocycles. The number of hydrogen-bond donors (Lipinski definition) is 3. The molecule has 5 heterocycles. The first-order valence-corrected chi connectivity index (χ1v) is 10.9. The minimum Gasteiger partial charge on any atom is -0.397 e. The Hall–Kier alpha value is -4.60. The Morgan fingerprint density at radius 1 is 1.06 bits per heavy atom. The molecule has 1 aliphatic rings. The topological polar surface area (TPSA) is 139 Å². The molecule has 0 radical (unpaired) electrons. The van der Waals surface area contributed by atoms with Crippen molar-refractivity contribution in [3.63, 3.8) is 0 Å². The predicted octanol–water partition coefficient (Wildman–Crippen LogP) is 3.18. The fourth-order valence-corrected chi connectivity index (χ4v) is 3.91. The molecule has 4 aromatic heterocycles. The number of nitrogens with one attached hydrogen (secondary N) is 2. The second-order valence-electron chi connectivity index (χ2n) is 7.94. The standard InChI is InChI=1S/C24H23N9O/c25-16-4-2-12-32(15-16)21-9-11-27-14-20(21)31-24(34)23-17(26)7-8-19(30-23)18-5-1-6-22(29-18)33-13-3-10-28-33/h1,3,5-11,13-14,25H,2,4,12,15,26H2,(H,31,34). The van der Waals surface area contributed by atoms with E-state index in [1.54, 1.807) is 41.6 Å². The van der Waals surface area contributed by atoms with E-state index in [2.05, 4.69) is 30.3 Å². The van der Waals surface area contributed by atoms with Gasteiger partial charge in [-0.1, -0.05) is 6.07 Å². The van der Waals surface area contributed by atoms with Gasteiger partial charge in [-0.15, -0.1) is 0 Å². The van der Waals surface area contributed by atoms with Crippen molar-refractivity contribution in [2.24, 2.45) is 0 Å². The number of rotatable bonds is 5. The van der Waals surface area contributed by atoms with Gasteiger partial charge in [-0.2, -0.15) is 5.10 Å². The minimum atomic E-state index is -0.441. The fourth-order valence-electron chi connectivity index (χ4n) is 3.91. The van der Waals surface area contributed by atoms with Gasteiger partial charge in [0.15, 0.2) is 11.5 Å². The largest absolute Gasteiger partial charge is 0.397 e. The maximum atomic E-state index is 13.2. The SMILES string of the molecule is N=C1CCCN(c2ccncc2NC(=O)c2nc(-c3cccc(-n4cccn4)n3)ccc2N)C1. The van der Waals surface area contributed by atoms with Gasteiger partial charge >= 0.3 is 0 Å². The van der Waals surface area contributed by atoms with Crippen LogP contribution in [0.5, 0.6) is 0 Å². The van der Waals surface area contributed by atoms with Crippen molar-refractivity contribution in [3.8, 4) is 17.2 Å². The Kier molecular flexibility index (Phi) is 5.69. The third-order valence-corrected chi connectivity index (χ3v) is 5.55. The zero-order valence-electron chi connectivity index (χ0n) is 18.3. The summed E-state index contributed by atoms with van der Waals surface area (Å²) < 4.78 is 1.65. The van der Waals surface area contributed by atoms with Crippen LogP contribution in [-0.2, 0) is 0 Å². The normalized spacial score (nSPS) is 13.6. The van der Waals surface area contributed by atoms with E-state index in [1.807, 2.05) is 30.3 Å². The lowest BCUT2D eigenvalue weighted by atomic mass is 10.1. The highest BCUT2D eigenvalue weighted by atomic mass is 16.1. The summed E-state index contributed by atoms with van der Waals surface area (Å²) in [5, 5.41) is 15.1. The Morgan fingerprint density at radius 3 is 2.76 bits per heavy atom. The van der Waals surface area contributed by atoms with Crippen LogP contribution >= 0.6 is 0 Å². The average molecular weight is 454 g/mol. The van der Waals surface area contributed by atoms with Crippen molar-refractivity contribution in [2.45, 2.75) is 12.8 Å². The molecule has 0 unspecified atom stereocenters. The van der Waals surface area contributed by atoms with Crippen LogP contribution in [0.2, 0.25) is 0 Å². The first-order chi connectivity index (χ1) is 16.6. The molecule has 1 saturated heterocycles. The van der Waals surface area contributed by atoms with Crippen LogP contribution in [0, 0.1) is 5.41 Å². The molecule has 4 N–H and O–H groups in total. The Labute approximate surface area is 196 Å². The molecule has 0 saturated carbocycles. The van der Waals surface area contributed by atoms with Crippen LogP contribution in [0.3, 0.4) is 0 Å². The van der Waals surface area contributed by atoms with E-state index in [9.17, 15) is 4.79 Å². The number of carbonyl (C=O) groups excluding carboxylic acids is 1. The van der Waals surface area contributed by atoms with Gasteiger partial charge < -0.3 is 21.4 Å². The van der Waals surface area contributed by atoms with Crippen LogP contribution in [0.1, 0.15) is 23.3 Å². The molecule has 0 spiro atoms. The summed E-state index contributed by atoms with van der Waals surface area (Å²) in [5.74, 6) is 0.197. The average Bonchev–Trinajstić information content (AvgIpc) is 3.40. The lowest BCUT2D eigenvalue weighted by Gasteiger charge is -2.30. The summed E-state index contributed by atoms with van der Waals surface area (Å²) in [5.41, 5.74) is 9.62. The molecule has 170 valence electrons. The summed E-state index contributed by atoms with van der Waals surface area (Å²) in [4.78, 5) is 28.6. The molecule has 10 heteroatoms. The van der Waals surface area contributed by atoms with Crippen molar-refractivity contribution in [3.05, 3.63) is 72.9 Å². The van der Waals surface area contributed by atoms with E-state index < -0.39 is 5.91 Å². The van der Waals surface area contributed by atoms with Crippen molar-refractivity contribution in [1.29, 1.82) is 5.41 Å². The van der Waals surface area contributed by atoms with Crippen molar-refractivity contribution < 1.29 is 4.79 Å². The Morgan fingerprint density at radius 2 is 1.94 bits per heavy atom. The van der Waals surface area contributed by atoms with Crippen LogP contribution in [-0.4, -0.2) is 49.4 Å². The molecule has 0 bridgehead atoms. The summed E-state index contributed by atoms with van der Waals surface area (Å²) >= 11 is 0. The summed E-state index contributed by atoms with van der Waals surface area (Å²) in [6, 6.07) is 12.5. The minimum absolute atomic E-state index is 0.102. The highest BCUT2D eigenvalue weighted by molar-refractivity contribution is 6.08. The Bertz CT molecular complexity index is 1350. The lowest BCUT2D eigenvalue weighted by Crippen LogP contribution is -2.36. The van der Waals surface area contributed by atoms with Crippen LogP contribution in [0.25, 0.3) is 17.2 Å². The molecule has 1 aliphatic heterocycles. The Balaban J connectivity index is 1.43. The number of carbonyl (C=O) groups is 1. The van der Waals surface area contributed by atoms with Gasteiger partial charge in [0.25, 0.3) is 5.91 Å². The van der Waals surface area contributed by atoms with Gasteiger partial charge in [-0.25, -0.2) is 14.6 Å². The molecule has 0 aliphatic carbocycles. The van der Waals surface area contributed by atoms with E-state index in [1.165, 1.54) is 0 Å². The summed E-state index contributed by atoms with van der Waals surface area (Å²) in [7, 11) is 0. The maximum Gasteiger partial charge on any atom is 0.276 e. The first-order valence-electron chi connectivity index (χ1n) is 10.9. The third kappa shape index (κ3) is 4.33. The molecule has 4 aromatic rings. The zero-order chi connectivity index (χ0) is 23.5. The van der Waals surface area contributed by atoms with E-state index in [0.29, 0.717) is 35.1 Å². The zero-order valence-corrected chi connectivity index (χ0v) is 18.3. The summed E-state index contributed by atoms with van der Waals surface area (Å²) in [6.45, 7) is 1.34. The van der Waals surface area contributed by atoms with Gasteiger partial charge in [-0.05, 0) is 49.2 Å². The molecule has 0 atom stereocenters. The van der Waals surface area contributed by atoms with E-state index in [0.717, 1.165) is 25.1 Å². The third-order valence-electron chi connectivity index (χ3n) is 5.55. The van der Waals surface area contributed by atoms with Gasteiger partial charge in [0.1, 0.15) is 0 Å².